The van der Waals surface area contributed by atoms with Gasteiger partial charge in [-0.1, -0.05) is 78.9 Å². The van der Waals surface area contributed by atoms with Crippen molar-refractivity contribution in [1.29, 1.82) is 0 Å². The van der Waals surface area contributed by atoms with Gasteiger partial charge >= 0.3 is 0 Å². The monoisotopic (exact) mass is 256 g/mol. The molecule has 18 heavy (non-hydrogen) atoms. The van der Waals surface area contributed by atoms with Crippen molar-refractivity contribution in [3.8, 4) is 0 Å². The van der Waals surface area contributed by atoms with Gasteiger partial charge in [0.15, 0.2) is 0 Å². The van der Waals surface area contributed by atoms with Gasteiger partial charge in [0.25, 0.3) is 0 Å². The van der Waals surface area contributed by atoms with Crippen LogP contribution in [0.3, 0.4) is 0 Å². The van der Waals surface area contributed by atoms with Gasteiger partial charge in [-0.15, -0.1) is 0 Å². The Hall–Kier alpha value is -1.79. The van der Waals surface area contributed by atoms with Crippen molar-refractivity contribution in [3.05, 3.63) is 83.4 Å². The van der Waals surface area contributed by atoms with Crippen LogP contribution >= 0.6 is 11.6 Å². The normalized spacial score (nSPS) is 9.67. The lowest BCUT2D eigenvalue weighted by Gasteiger charge is -1.95. The van der Waals surface area contributed by atoms with E-state index < -0.39 is 0 Å². The molecule has 0 aliphatic rings. The molecule has 0 aromatic heterocycles. The van der Waals surface area contributed by atoms with Crippen LogP contribution in [0.1, 0.15) is 16.7 Å². The summed E-state index contributed by atoms with van der Waals surface area (Å²) >= 11 is 5.36. The first-order valence-electron chi connectivity index (χ1n) is 5.78. The Morgan fingerprint density at radius 2 is 1.56 bits per heavy atom. The highest BCUT2D eigenvalue weighted by atomic mass is 35.5. The fraction of sp³-hybridized carbons (Fsp3) is 0.0588. The minimum absolute atomic E-state index is 1.13. The van der Waals surface area contributed by atoms with Gasteiger partial charge in [-0.2, -0.15) is 0 Å². The predicted octanol–water partition coefficient (Wildman–Crippen LogP) is 5.53. The summed E-state index contributed by atoms with van der Waals surface area (Å²) < 4.78 is 0. The third-order valence-corrected chi connectivity index (χ3v) is 2.59. The molecule has 0 heterocycles. The highest BCUT2D eigenvalue weighted by Crippen LogP contribution is 2.06. The highest BCUT2D eigenvalue weighted by molar-refractivity contribution is 6.27. The van der Waals surface area contributed by atoms with Crippen molar-refractivity contribution < 1.29 is 0 Å². The molecule has 0 fully saturated rings. The standard InChI is InChI=1S/C9H10.C8H7Cl/c1-3-9-7-5-4-6-8(9)2;9-7-6-8-4-2-1-3-5-8/h3-7H,1H2,2H3;1-7H. The number of hydrogen-bond acceptors (Lipinski definition) is 0. The fourth-order valence-electron chi connectivity index (χ4n) is 1.45. The summed E-state index contributed by atoms with van der Waals surface area (Å²) in [5.74, 6) is 0. The molecule has 0 nitrogen and oxygen atoms in total. The van der Waals surface area contributed by atoms with Crippen LogP contribution in [0.4, 0.5) is 0 Å². The molecule has 2 rings (SSSR count). The molecule has 0 saturated heterocycles. The molecule has 0 N–H and O–H groups in total. The zero-order chi connectivity index (χ0) is 13.2. The second-order valence-electron chi connectivity index (χ2n) is 3.76. The predicted molar refractivity (Wildman–Crippen MR) is 82.6 cm³/mol. The average molecular weight is 257 g/mol. The summed E-state index contributed by atoms with van der Waals surface area (Å²) in [6.45, 7) is 5.77. The molecule has 0 atom stereocenters. The Balaban J connectivity index is 0.000000180. The van der Waals surface area contributed by atoms with E-state index in [1.54, 1.807) is 0 Å². The molecule has 0 spiro atoms. The number of hydrogen-bond donors (Lipinski definition) is 0. The number of halogens is 1. The molecular weight excluding hydrogens is 240 g/mol. The van der Waals surface area contributed by atoms with Gasteiger partial charge < -0.3 is 0 Å². The maximum absolute atomic E-state index is 5.36. The molecule has 0 aliphatic carbocycles. The molecule has 2 aromatic rings. The van der Waals surface area contributed by atoms with Crippen molar-refractivity contribution in [3.63, 3.8) is 0 Å². The molecular formula is C17H17Cl. The molecule has 92 valence electrons. The molecule has 1 heteroatoms. The summed E-state index contributed by atoms with van der Waals surface area (Å²) in [6, 6.07) is 18.1. The van der Waals surface area contributed by atoms with Crippen LogP contribution in [-0.2, 0) is 0 Å². The largest absolute Gasteiger partial charge is 0.0985 e. The first-order valence-corrected chi connectivity index (χ1v) is 6.21. The van der Waals surface area contributed by atoms with Gasteiger partial charge in [0.05, 0.1) is 0 Å². The summed E-state index contributed by atoms with van der Waals surface area (Å²) in [4.78, 5) is 0. The summed E-state index contributed by atoms with van der Waals surface area (Å²) in [5.41, 5.74) is 5.15. The minimum atomic E-state index is 1.13. The van der Waals surface area contributed by atoms with Crippen LogP contribution in [0, 0.1) is 6.92 Å². The van der Waals surface area contributed by atoms with Crippen LogP contribution in [-0.4, -0.2) is 0 Å². The Morgan fingerprint density at radius 3 is 2.06 bits per heavy atom. The number of benzene rings is 2. The average Bonchev–Trinajstić information content (AvgIpc) is 2.42. The van der Waals surface area contributed by atoms with Crippen molar-refractivity contribution in [2.75, 3.05) is 0 Å². The first kappa shape index (κ1) is 14.3. The topological polar surface area (TPSA) is 0 Å². The maximum atomic E-state index is 5.36. The van der Waals surface area contributed by atoms with E-state index in [4.69, 9.17) is 11.6 Å². The third-order valence-electron chi connectivity index (χ3n) is 2.46. The van der Waals surface area contributed by atoms with E-state index in [2.05, 4.69) is 25.6 Å². The maximum Gasteiger partial charge on any atom is 0.00484 e. The SMILES string of the molecule is C=Cc1ccccc1C.ClC=Cc1ccccc1. The molecule has 0 bridgehead atoms. The Kier molecular flexibility index (Phi) is 6.60. The smallest absolute Gasteiger partial charge is 0.00484 e. The van der Waals surface area contributed by atoms with Crippen LogP contribution < -0.4 is 0 Å². The molecule has 0 radical (unpaired) electrons. The Bertz CT molecular complexity index is 498. The minimum Gasteiger partial charge on any atom is -0.0985 e. The van der Waals surface area contributed by atoms with E-state index >= 15 is 0 Å². The Labute approximate surface area is 114 Å². The van der Waals surface area contributed by atoms with Gasteiger partial charge in [-0.25, -0.2) is 0 Å². The van der Waals surface area contributed by atoms with E-state index in [-0.39, 0.29) is 0 Å². The Morgan fingerprint density at radius 1 is 0.944 bits per heavy atom. The van der Waals surface area contributed by atoms with Crippen molar-refractivity contribution in [2.24, 2.45) is 0 Å². The summed E-state index contributed by atoms with van der Waals surface area (Å²) in [6.07, 6.45) is 3.72. The zero-order valence-corrected chi connectivity index (χ0v) is 11.3. The van der Waals surface area contributed by atoms with E-state index in [0.717, 1.165) is 5.56 Å². The van der Waals surface area contributed by atoms with E-state index in [1.165, 1.54) is 16.7 Å². The third kappa shape index (κ3) is 5.03. The molecule has 0 unspecified atom stereocenters. The zero-order valence-electron chi connectivity index (χ0n) is 10.5. The molecule has 2 aromatic carbocycles. The quantitative estimate of drug-likeness (QED) is 0.662. The van der Waals surface area contributed by atoms with Gasteiger partial charge in [-0.05, 0) is 29.7 Å². The molecule has 0 saturated carbocycles. The molecule has 0 amide bonds. The highest BCUT2D eigenvalue weighted by Gasteiger charge is 1.86. The van der Waals surface area contributed by atoms with Crippen LogP contribution in [0.2, 0.25) is 0 Å². The summed E-state index contributed by atoms with van der Waals surface area (Å²) in [5, 5.41) is 0. The van der Waals surface area contributed by atoms with Gasteiger partial charge in [0.1, 0.15) is 0 Å². The second kappa shape index (κ2) is 8.32. The van der Waals surface area contributed by atoms with Gasteiger partial charge in [0.2, 0.25) is 0 Å². The van der Waals surface area contributed by atoms with Crippen LogP contribution in [0.25, 0.3) is 12.2 Å². The van der Waals surface area contributed by atoms with Crippen molar-refractivity contribution >= 4 is 23.8 Å². The van der Waals surface area contributed by atoms with E-state index in [9.17, 15) is 0 Å². The van der Waals surface area contributed by atoms with E-state index in [0.29, 0.717) is 0 Å². The van der Waals surface area contributed by atoms with Crippen molar-refractivity contribution in [1.82, 2.24) is 0 Å². The van der Waals surface area contributed by atoms with Gasteiger partial charge in [-0.3, -0.25) is 0 Å². The fourth-order valence-corrected chi connectivity index (χ4v) is 1.60. The lowest BCUT2D eigenvalue weighted by Crippen LogP contribution is -1.75. The van der Waals surface area contributed by atoms with Gasteiger partial charge in [0, 0.05) is 5.54 Å². The lowest BCUT2D eigenvalue weighted by molar-refractivity contribution is 1.45. The van der Waals surface area contributed by atoms with Crippen LogP contribution in [0.15, 0.2) is 66.7 Å². The number of rotatable bonds is 2. The first-order chi connectivity index (χ1) is 8.77. The summed E-state index contributed by atoms with van der Waals surface area (Å²) in [7, 11) is 0. The van der Waals surface area contributed by atoms with Crippen LogP contribution in [0.5, 0.6) is 0 Å². The second-order valence-corrected chi connectivity index (χ2v) is 4.02. The lowest BCUT2D eigenvalue weighted by atomic mass is 10.1. The van der Waals surface area contributed by atoms with Crippen molar-refractivity contribution in [2.45, 2.75) is 6.92 Å². The van der Waals surface area contributed by atoms with E-state index in [1.807, 2.05) is 54.6 Å². The number of aryl methyl sites for hydroxylation is 1. The molecule has 0 aliphatic heterocycles.